The molecule has 3 aromatic rings. The van der Waals surface area contributed by atoms with E-state index in [1.807, 2.05) is 4.90 Å². The van der Waals surface area contributed by atoms with Crippen molar-refractivity contribution in [1.82, 2.24) is 25.0 Å². The molecule has 3 aromatic heterocycles. The van der Waals surface area contributed by atoms with Crippen molar-refractivity contribution < 1.29 is 22.7 Å². The number of aromatic nitrogens is 3. The second-order valence-corrected chi connectivity index (χ2v) is 9.13. The Morgan fingerprint density at radius 1 is 1.26 bits per heavy atom. The van der Waals surface area contributed by atoms with Gasteiger partial charge in [0.15, 0.2) is 0 Å². The summed E-state index contributed by atoms with van der Waals surface area (Å²) >= 11 is 5.81. The smallest absolute Gasteiger partial charge is 0.472 e. The molecule has 0 bridgehead atoms. The number of anilines is 1. The van der Waals surface area contributed by atoms with E-state index in [4.69, 9.17) is 16.3 Å². The Labute approximate surface area is 219 Å². The number of nitrogens with zero attached hydrogens (tertiary/aromatic N) is 4. The minimum atomic E-state index is -4.99. The SMILES string of the molecule is CN(C[C@H]1CCCN1c1ccc(-n2ccc(OCc3ccc(Cl)cn3)cc2=O)c(=O)[nH]1)NC(=O)C(F)(F)F. The molecule has 10 nitrogen and oxygen atoms in total. The van der Waals surface area contributed by atoms with Crippen molar-refractivity contribution >= 4 is 23.3 Å². The highest BCUT2D eigenvalue weighted by Crippen LogP contribution is 2.24. The van der Waals surface area contributed by atoms with Crippen molar-refractivity contribution in [3.8, 4) is 11.4 Å². The zero-order chi connectivity index (χ0) is 27.4. The summed E-state index contributed by atoms with van der Waals surface area (Å²) in [4.78, 5) is 45.5. The molecular formula is C24H24ClF3N6O4. The second kappa shape index (κ2) is 11.3. The van der Waals surface area contributed by atoms with Crippen molar-refractivity contribution in [1.29, 1.82) is 0 Å². The molecule has 1 atom stereocenters. The Hall–Kier alpha value is -3.84. The van der Waals surface area contributed by atoms with Gasteiger partial charge in [-0.2, -0.15) is 13.2 Å². The number of halogens is 4. The minimum Gasteiger partial charge on any atom is -0.487 e. The fourth-order valence-corrected chi connectivity index (χ4v) is 4.26. The summed E-state index contributed by atoms with van der Waals surface area (Å²) in [5, 5.41) is 1.58. The van der Waals surface area contributed by atoms with Gasteiger partial charge in [-0.25, -0.2) is 5.01 Å². The third-order valence-electron chi connectivity index (χ3n) is 5.92. The summed E-state index contributed by atoms with van der Waals surface area (Å²) in [6, 6.07) is 9.06. The van der Waals surface area contributed by atoms with Crippen LogP contribution < -0.4 is 26.2 Å². The monoisotopic (exact) mass is 552 g/mol. The first-order chi connectivity index (χ1) is 18.0. The molecule has 1 amide bonds. The quantitative estimate of drug-likeness (QED) is 0.413. The molecule has 1 aliphatic heterocycles. The van der Waals surface area contributed by atoms with E-state index >= 15 is 0 Å². The van der Waals surface area contributed by atoms with E-state index in [0.29, 0.717) is 35.2 Å². The summed E-state index contributed by atoms with van der Waals surface area (Å²) in [6.07, 6.45) is -0.665. The lowest BCUT2D eigenvalue weighted by atomic mass is 10.2. The van der Waals surface area contributed by atoms with Gasteiger partial charge in [-0.15, -0.1) is 0 Å². The number of hydrazine groups is 1. The van der Waals surface area contributed by atoms with Crippen molar-refractivity contribution in [2.24, 2.45) is 0 Å². The van der Waals surface area contributed by atoms with Gasteiger partial charge in [0, 0.05) is 44.6 Å². The summed E-state index contributed by atoms with van der Waals surface area (Å²) in [7, 11) is 1.34. The first kappa shape index (κ1) is 27.2. The van der Waals surface area contributed by atoms with Crippen molar-refractivity contribution in [3.63, 3.8) is 0 Å². The summed E-state index contributed by atoms with van der Waals surface area (Å²) in [5.74, 6) is -1.29. The van der Waals surface area contributed by atoms with E-state index in [2.05, 4.69) is 9.97 Å². The van der Waals surface area contributed by atoms with Crippen LogP contribution in [-0.2, 0) is 11.4 Å². The van der Waals surface area contributed by atoms with Crippen LogP contribution in [0.15, 0.2) is 58.4 Å². The summed E-state index contributed by atoms with van der Waals surface area (Å²) < 4.78 is 44.4. The van der Waals surface area contributed by atoms with E-state index < -0.39 is 23.2 Å². The van der Waals surface area contributed by atoms with Crippen LogP contribution in [0.1, 0.15) is 18.5 Å². The molecule has 1 saturated heterocycles. The lowest BCUT2D eigenvalue weighted by molar-refractivity contribution is -0.178. The first-order valence-electron chi connectivity index (χ1n) is 11.6. The van der Waals surface area contributed by atoms with Gasteiger partial charge in [0.2, 0.25) is 0 Å². The van der Waals surface area contributed by atoms with Crippen molar-refractivity contribution in [3.05, 3.63) is 80.2 Å². The molecule has 0 unspecified atom stereocenters. The number of rotatable bonds is 8. The Morgan fingerprint density at radius 3 is 2.71 bits per heavy atom. The fraction of sp³-hybridized carbons (Fsp3) is 0.333. The Balaban J connectivity index is 1.44. The molecule has 4 heterocycles. The molecule has 0 aliphatic carbocycles. The first-order valence-corrected chi connectivity index (χ1v) is 11.9. The molecule has 4 rings (SSSR count). The second-order valence-electron chi connectivity index (χ2n) is 8.69. The van der Waals surface area contributed by atoms with Gasteiger partial charge in [0.1, 0.15) is 23.9 Å². The maximum absolute atomic E-state index is 12.9. The number of likely N-dealkylation sites (N-methyl/N-ethyl adjacent to an activating group) is 1. The molecule has 38 heavy (non-hydrogen) atoms. The number of hydrogen-bond acceptors (Lipinski definition) is 7. The average Bonchev–Trinajstić information content (AvgIpc) is 3.31. The highest BCUT2D eigenvalue weighted by molar-refractivity contribution is 6.30. The van der Waals surface area contributed by atoms with Crippen LogP contribution in [0.4, 0.5) is 19.0 Å². The van der Waals surface area contributed by atoms with Gasteiger partial charge in [-0.3, -0.25) is 29.4 Å². The Kier molecular flexibility index (Phi) is 8.07. The number of hydrogen-bond donors (Lipinski definition) is 2. The number of ether oxygens (including phenoxy) is 1. The molecule has 1 fully saturated rings. The Bertz CT molecular complexity index is 1410. The van der Waals surface area contributed by atoms with Crippen LogP contribution in [-0.4, -0.2) is 57.8 Å². The van der Waals surface area contributed by atoms with Gasteiger partial charge in [0.25, 0.3) is 11.1 Å². The van der Waals surface area contributed by atoms with Gasteiger partial charge in [-0.05, 0) is 43.2 Å². The number of H-pyrrole nitrogens is 1. The highest BCUT2D eigenvalue weighted by Gasteiger charge is 2.39. The molecule has 0 saturated carbocycles. The number of carbonyl (C=O) groups is 1. The number of pyridine rings is 3. The van der Waals surface area contributed by atoms with E-state index in [-0.39, 0.29) is 24.9 Å². The predicted molar refractivity (Wildman–Crippen MR) is 133 cm³/mol. The average molecular weight is 553 g/mol. The third kappa shape index (κ3) is 6.53. The predicted octanol–water partition coefficient (Wildman–Crippen LogP) is 2.65. The van der Waals surface area contributed by atoms with Gasteiger partial charge >= 0.3 is 12.1 Å². The van der Waals surface area contributed by atoms with Crippen LogP contribution in [0.3, 0.4) is 0 Å². The van der Waals surface area contributed by atoms with E-state index in [1.165, 1.54) is 36.1 Å². The molecule has 2 N–H and O–H groups in total. The number of alkyl halides is 3. The van der Waals surface area contributed by atoms with Crippen LogP contribution >= 0.6 is 11.6 Å². The highest BCUT2D eigenvalue weighted by atomic mass is 35.5. The molecule has 0 spiro atoms. The van der Waals surface area contributed by atoms with E-state index in [0.717, 1.165) is 11.4 Å². The van der Waals surface area contributed by atoms with E-state index in [1.54, 1.807) is 29.7 Å². The van der Waals surface area contributed by atoms with Gasteiger partial charge < -0.3 is 14.6 Å². The zero-order valence-corrected chi connectivity index (χ0v) is 20.9. The third-order valence-corrected chi connectivity index (χ3v) is 6.14. The lowest BCUT2D eigenvalue weighted by Crippen LogP contribution is -2.50. The molecule has 0 radical (unpaired) electrons. The summed E-state index contributed by atoms with van der Waals surface area (Å²) in [5.41, 5.74) is 1.52. The van der Waals surface area contributed by atoms with Crippen LogP contribution in [0.25, 0.3) is 5.69 Å². The standard InChI is InChI=1S/C24H24ClF3N6O4/c1-32(31-23(37)24(26,27)28)13-17-3-2-9-33(17)20-7-6-19(22(36)30-20)34-10-8-18(11-21(34)35)38-14-16-5-4-15(25)12-29-16/h4-8,10-12,17H,2-3,9,13-14H2,1H3,(H,30,36)(H,31,37)/t17-/m1/s1. The fourth-order valence-electron chi connectivity index (χ4n) is 4.15. The van der Waals surface area contributed by atoms with Gasteiger partial charge in [-0.1, -0.05) is 11.6 Å². The molecular weight excluding hydrogens is 529 g/mol. The van der Waals surface area contributed by atoms with Crippen LogP contribution in [0, 0.1) is 0 Å². The summed E-state index contributed by atoms with van der Waals surface area (Å²) in [6.45, 7) is 0.801. The van der Waals surface area contributed by atoms with Crippen molar-refractivity contribution in [2.45, 2.75) is 31.7 Å². The van der Waals surface area contributed by atoms with Crippen LogP contribution in [0.5, 0.6) is 5.75 Å². The maximum Gasteiger partial charge on any atom is 0.472 e. The molecule has 0 aromatic carbocycles. The largest absolute Gasteiger partial charge is 0.487 e. The zero-order valence-electron chi connectivity index (χ0n) is 20.2. The van der Waals surface area contributed by atoms with Gasteiger partial charge in [0.05, 0.1) is 10.7 Å². The topological polar surface area (TPSA) is 113 Å². The number of aromatic amines is 1. The normalized spacial score (nSPS) is 15.6. The Morgan fingerprint density at radius 2 is 2.05 bits per heavy atom. The molecule has 14 heteroatoms. The maximum atomic E-state index is 12.9. The van der Waals surface area contributed by atoms with E-state index in [9.17, 15) is 27.6 Å². The number of carbonyl (C=O) groups excluding carboxylic acids is 1. The minimum absolute atomic E-state index is 0.0926. The van der Waals surface area contributed by atoms with Crippen molar-refractivity contribution in [2.75, 3.05) is 25.0 Å². The number of amides is 1. The molecule has 1 aliphatic rings. The number of nitrogens with one attached hydrogen (secondary N) is 2. The lowest BCUT2D eigenvalue weighted by Gasteiger charge is -2.30. The molecule has 202 valence electrons. The van der Waals surface area contributed by atoms with Crippen LogP contribution in [0.2, 0.25) is 5.02 Å².